The molecule has 1 unspecified atom stereocenters. The van der Waals surface area contributed by atoms with E-state index in [1.807, 2.05) is 31.2 Å². The highest BCUT2D eigenvalue weighted by Gasteiger charge is 2.40. The summed E-state index contributed by atoms with van der Waals surface area (Å²) < 4.78 is 22.3. The quantitative estimate of drug-likeness (QED) is 0.173. The number of hydrogen-bond acceptors (Lipinski definition) is 7. The lowest BCUT2D eigenvalue weighted by Gasteiger charge is -2.38. The van der Waals surface area contributed by atoms with Gasteiger partial charge in [0.15, 0.2) is 16.6 Å². The average Bonchev–Trinajstić information content (AvgIpc) is 2.92. The van der Waals surface area contributed by atoms with Crippen LogP contribution in [0.15, 0.2) is 72.0 Å². The van der Waals surface area contributed by atoms with Crippen molar-refractivity contribution in [1.82, 2.24) is 10.2 Å². The van der Waals surface area contributed by atoms with Crippen LogP contribution >= 0.6 is 12.2 Å². The smallest absolute Gasteiger partial charge is 0.338 e. The highest BCUT2D eigenvalue weighted by molar-refractivity contribution is 7.80. The van der Waals surface area contributed by atoms with Gasteiger partial charge in [-0.1, -0.05) is 30.9 Å². The maximum atomic E-state index is 14.0. The third-order valence-corrected chi connectivity index (χ3v) is 6.22. The molecule has 8 nitrogen and oxygen atoms in total. The molecule has 0 bridgehead atoms. The molecule has 1 N–H and O–H groups in total. The van der Waals surface area contributed by atoms with Gasteiger partial charge in [0.05, 0.1) is 31.9 Å². The topological polar surface area (TPSA) is 86.3 Å². The monoisotopic (exact) mass is 550 g/mol. The first-order valence-corrected chi connectivity index (χ1v) is 13.0. The van der Waals surface area contributed by atoms with E-state index in [1.54, 1.807) is 58.2 Å². The zero-order valence-electron chi connectivity index (χ0n) is 22.9. The number of nitrogens with zero attached hydrogens (tertiary/aromatic N) is 1. The van der Waals surface area contributed by atoms with Crippen LogP contribution in [0, 0.1) is 0 Å². The molecular weight excluding hydrogens is 516 g/mol. The molecule has 0 fully saturated rings. The molecule has 1 aliphatic rings. The summed E-state index contributed by atoms with van der Waals surface area (Å²) in [6, 6.07) is 11.8. The Bertz CT molecular complexity index is 1320. The lowest BCUT2D eigenvalue weighted by Crippen LogP contribution is -2.51. The van der Waals surface area contributed by atoms with E-state index in [4.69, 9.17) is 31.2 Å². The van der Waals surface area contributed by atoms with Crippen molar-refractivity contribution < 1.29 is 28.5 Å². The van der Waals surface area contributed by atoms with Crippen molar-refractivity contribution in [2.24, 2.45) is 0 Å². The Hall–Kier alpha value is -4.11. The zero-order valence-corrected chi connectivity index (χ0v) is 23.7. The van der Waals surface area contributed by atoms with Gasteiger partial charge in [-0.2, -0.15) is 0 Å². The Kier molecular flexibility index (Phi) is 10.3. The lowest BCUT2D eigenvalue weighted by atomic mass is 9.92. The van der Waals surface area contributed by atoms with Crippen molar-refractivity contribution in [3.8, 4) is 17.2 Å². The zero-order chi connectivity index (χ0) is 28.5. The molecule has 0 saturated heterocycles. The number of methoxy groups -OCH3 is 1. The van der Waals surface area contributed by atoms with Crippen molar-refractivity contribution in [3.63, 3.8) is 0 Å². The number of benzene rings is 2. The third-order valence-electron chi connectivity index (χ3n) is 5.92. The second-order valence-corrected chi connectivity index (χ2v) is 9.00. The molecule has 9 heteroatoms. The maximum absolute atomic E-state index is 14.0. The van der Waals surface area contributed by atoms with Crippen LogP contribution in [0.1, 0.15) is 44.9 Å². The second kappa shape index (κ2) is 13.6. The predicted octanol–water partition coefficient (Wildman–Crippen LogP) is 5.36. The highest BCUT2D eigenvalue weighted by atomic mass is 32.1. The first-order valence-electron chi connectivity index (χ1n) is 12.6. The molecule has 1 heterocycles. The summed E-state index contributed by atoms with van der Waals surface area (Å²) in [7, 11) is 1.58. The Morgan fingerprint density at radius 3 is 2.54 bits per heavy atom. The summed E-state index contributed by atoms with van der Waals surface area (Å²) in [5, 5.41) is 3.18. The van der Waals surface area contributed by atoms with Crippen molar-refractivity contribution in [2.45, 2.75) is 33.7 Å². The highest BCUT2D eigenvalue weighted by Crippen LogP contribution is 2.39. The van der Waals surface area contributed by atoms with Crippen LogP contribution in [0.5, 0.6) is 17.2 Å². The van der Waals surface area contributed by atoms with Gasteiger partial charge in [-0.05, 0) is 81.4 Å². The number of ether oxygens (including phenoxy) is 4. The summed E-state index contributed by atoms with van der Waals surface area (Å²) >= 11 is 5.65. The van der Waals surface area contributed by atoms with Gasteiger partial charge in [0.1, 0.15) is 12.4 Å². The second-order valence-electron chi connectivity index (χ2n) is 8.61. The first-order chi connectivity index (χ1) is 18.7. The van der Waals surface area contributed by atoms with E-state index in [1.165, 1.54) is 4.90 Å². The van der Waals surface area contributed by atoms with Crippen molar-refractivity contribution in [3.05, 3.63) is 83.1 Å². The summed E-state index contributed by atoms with van der Waals surface area (Å²) in [5.41, 5.74) is 2.59. The van der Waals surface area contributed by atoms with Crippen LogP contribution in [-0.4, -0.2) is 48.8 Å². The summed E-state index contributed by atoms with van der Waals surface area (Å²) in [6.45, 7) is 11.6. The molecule has 206 valence electrons. The molecule has 0 radical (unpaired) electrons. The maximum Gasteiger partial charge on any atom is 0.338 e. The lowest BCUT2D eigenvalue weighted by molar-refractivity contribution is -0.139. The molecule has 2 aromatic carbocycles. The molecule has 0 saturated carbocycles. The van der Waals surface area contributed by atoms with E-state index >= 15 is 0 Å². The van der Waals surface area contributed by atoms with Gasteiger partial charge in [0.25, 0.3) is 5.91 Å². The Morgan fingerprint density at radius 2 is 1.87 bits per heavy atom. The van der Waals surface area contributed by atoms with E-state index < -0.39 is 12.0 Å². The van der Waals surface area contributed by atoms with Gasteiger partial charge in [0, 0.05) is 11.3 Å². The summed E-state index contributed by atoms with van der Waals surface area (Å²) in [4.78, 5) is 28.6. The third kappa shape index (κ3) is 6.86. The minimum absolute atomic E-state index is 0.166. The van der Waals surface area contributed by atoms with Crippen LogP contribution in [0.3, 0.4) is 0 Å². The van der Waals surface area contributed by atoms with Crippen LogP contribution in [0.2, 0.25) is 0 Å². The van der Waals surface area contributed by atoms with Gasteiger partial charge in [-0.15, -0.1) is 0 Å². The number of hydrogen-bond donors (Lipinski definition) is 1. The standard InChI is InChI=1S/C30H34N2O6S/c1-7-15-38-24-14-13-22(18-25(24)36-8-2)27-26(29(34)37-9-3)20(5)31-30(39)32(27)28(33)19(4)16-21-11-10-12-23(17-21)35-6/h7,10-14,16-18,27H,1,8-9,15H2,2-6H3,(H,31,39)/b19-16+. The fourth-order valence-corrected chi connectivity index (χ4v) is 4.54. The molecule has 0 spiro atoms. The molecular formula is C30H34N2O6S. The number of carbonyl (C=O) groups excluding carboxylic acids is 2. The Labute approximate surface area is 234 Å². The molecule has 3 rings (SSSR count). The molecule has 0 aliphatic carbocycles. The molecule has 0 aromatic heterocycles. The van der Waals surface area contributed by atoms with Gasteiger partial charge in [0.2, 0.25) is 0 Å². The first kappa shape index (κ1) is 29.4. The largest absolute Gasteiger partial charge is 0.497 e. The molecule has 39 heavy (non-hydrogen) atoms. The van der Waals surface area contributed by atoms with Gasteiger partial charge < -0.3 is 24.3 Å². The van der Waals surface area contributed by atoms with E-state index in [0.717, 1.165) is 5.56 Å². The summed E-state index contributed by atoms with van der Waals surface area (Å²) in [5.74, 6) is 0.731. The van der Waals surface area contributed by atoms with Crippen LogP contribution in [-0.2, 0) is 14.3 Å². The van der Waals surface area contributed by atoms with Crippen molar-refractivity contribution in [2.75, 3.05) is 26.9 Å². The average molecular weight is 551 g/mol. The fourth-order valence-electron chi connectivity index (χ4n) is 4.20. The number of rotatable bonds is 11. The molecule has 1 aliphatic heterocycles. The van der Waals surface area contributed by atoms with Gasteiger partial charge in [-0.3, -0.25) is 9.69 Å². The fraction of sp³-hybridized carbons (Fsp3) is 0.300. The molecule has 2 aromatic rings. The Morgan fingerprint density at radius 1 is 1.10 bits per heavy atom. The normalized spacial score (nSPS) is 15.4. The van der Waals surface area contributed by atoms with E-state index in [2.05, 4.69) is 11.9 Å². The number of nitrogens with one attached hydrogen (secondary N) is 1. The number of esters is 1. The van der Waals surface area contributed by atoms with Crippen LogP contribution in [0.4, 0.5) is 0 Å². The summed E-state index contributed by atoms with van der Waals surface area (Å²) in [6.07, 6.45) is 3.38. The molecule has 1 amide bonds. The number of thiocarbonyl (C=S) groups is 1. The van der Waals surface area contributed by atoms with Crippen LogP contribution < -0.4 is 19.5 Å². The number of amides is 1. The van der Waals surface area contributed by atoms with Crippen molar-refractivity contribution in [1.29, 1.82) is 0 Å². The minimum Gasteiger partial charge on any atom is -0.497 e. The van der Waals surface area contributed by atoms with E-state index in [9.17, 15) is 9.59 Å². The minimum atomic E-state index is -0.869. The van der Waals surface area contributed by atoms with Crippen LogP contribution in [0.25, 0.3) is 6.08 Å². The Balaban J connectivity index is 2.15. The van der Waals surface area contributed by atoms with Gasteiger partial charge >= 0.3 is 5.97 Å². The van der Waals surface area contributed by atoms with Crippen molar-refractivity contribution >= 4 is 35.3 Å². The van der Waals surface area contributed by atoms with E-state index in [-0.39, 0.29) is 23.2 Å². The SMILES string of the molecule is C=CCOc1ccc(C2C(C(=O)OCC)=C(C)NC(=S)N2C(=O)/C(C)=C/c2cccc(OC)c2)cc1OCC. The molecule has 1 atom stereocenters. The van der Waals surface area contributed by atoms with Gasteiger partial charge in [-0.25, -0.2) is 4.79 Å². The van der Waals surface area contributed by atoms with E-state index in [0.29, 0.717) is 47.3 Å². The number of carbonyl (C=O) groups is 2. The number of allylic oxidation sites excluding steroid dienone is 1. The predicted molar refractivity (Wildman–Crippen MR) is 155 cm³/mol.